The van der Waals surface area contributed by atoms with Gasteiger partial charge in [-0.1, -0.05) is 29.3 Å². The molecule has 0 amide bonds. The molecule has 0 bridgehead atoms. The highest BCUT2D eigenvalue weighted by molar-refractivity contribution is 6.42. The maximum atomic E-state index is 12.2. The number of hydrogen-bond acceptors (Lipinski definition) is 4. The Balaban J connectivity index is 2.03. The van der Waals surface area contributed by atoms with Crippen molar-refractivity contribution in [3.63, 3.8) is 0 Å². The molecule has 0 N–H and O–H groups in total. The number of ether oxygens (including phenoxy) is 2. The molecular formula is C15H14Cl2O4. The van der Waals surface area contributed by atoms with E-state index in [-0.39, 0.29) is 17.9 Å². The highest BCUT2D eigenvalue weighted by atomic mass is 35.5. The lowest BCUT2D eigenvalue weighted by molar-refractivity contribution is -0.221. The molecule has 1 heterocycles. The smallest absolute Gasteiger partial charge is 0.314 e. The first-order valence-electron chi connectivity index (χ1n) is 6.85. The van der Waals surface area contributed by atoms with E-state index in [1.54, 1.807) is 25.1 Å². The summed E-state index contributed by atoms with van der Waals surface area (Å²) in [7, 11) is 0. The molecule has 0 spiro atoms. The first-order valence-corrected chi connectivity index (χ1v) is 7.61. The van der Waals surface area contributed by atoms with Crippen LogP contribution < -0.4 is 0 Å². The van der Waals surface area contributed by atoms with E-state index < -0.39 is 11.5 Å². The third kappa shape index (κ3) is 2.04. The Bertz CT molecular complexity index is 616. The largest absolute Gasteiger partial charge is 0.466 e. The summed E-state index contributed by atoms with van der Waals surface area (Å²) in [5.41, 5.74) is -0.241. The Morgan fingerprint density at radius 3 is 2.76 bits per heavy atom. The number of carbonyl (C=O) groups excluding carboxylic acids is 2. The number of rotatable bonds is 3. The first kappa shape index (κ1) is 14.7. The highest BCUT2D eigenvalue weighted by Crippen LogP contribution is 2.58. The number of esters is 2. The minimum Gasteiger partial charge on any atom is -0.466 e. The molecule has 2 aliphatic rings. The Morgan fingerprint density at radius 1 is 1.38 bits per heavy atom. The summed E-state index contributed by atoms with van der Waals surface area (Å²) in [6, 6.07) is 5.07. The van der Waals surface area contributed by atoms with Crippen molar-refractivity contribution in [2.24, 2.45) is 11.8 Å². The number of benzene rings is 1. The van der Waals surface area contributed by atoms with Gasteiger partial charge in [0.25, 0.3) is 0 Å². The summed E-state index contributed by atoms with van der Waals surface area (Å²) in [6.45, 7) is 2.05. The predicted octanol–water partition coefficient (Wildman–Crippen LogP) is 3.33. The van der Waals surface area contributed by atoms with Gasteiger partial charge in [-0.05, 0) is 37.5 Å². The van der Waals surface area contributed by atoms with Gasteiger partial charge in [0, 0.05) is 0 Å². The van der Waals surface area contributed by atoms with Gasteiger partial charge in [0.05, 0.1) is 16.7 Å². The fourth-order valence-electron chi connectivity index (χ4n) is 3.36. The van der Waals surface area contributed by atoms with E-state index in [4.69, 9.17) is 32.7 Å². The number of carbonyl (C=O) groups is 2. The average Bonchev–Trinajstić information content (AvgIpc) is 2.75. The van der Waals surface area contributed by atoms with E-state index in [9.17, 15) is 9.59 Å². The van der Waals surface area contributed by atoms with Crippen LogP contribution in [0.1, 0.15) is 25.3 Å². The molecule has 1 aromatic carbocycles. The summed E-state index contributed by atoms with van der Waals surface area (Å²) in [6.07, 6.45) is 1.18. The summed E-state index contributed by atoms with van der Waals surface area (Å²) < 4.78 is 10.6. The van der Waals surface area contributed by atoms with Gasteiger partial charge in [-0.2, -0.15) is 0 Å². The second-order valence-electron chi connectivity index (χ2n) is 5.28. The number of hydrogen-bond donors (Lipinski definition) is 0. The van der Waals surface area contributed by atoms with E-state index in [0.717, 1.165) is 0 Å². The van der Waals surface area contributed by atoms with Crippen molar-refractivity contribution < 1.29 is 19.1 Å². The zero-order valence-electron chi connectivity index (χ0n) is 11.4. The van der Waals surface area contributed by atoms with Crippen LogP contribution in [0.5, 0.6) is 0 Å². The predicted molar refractivity (Wildman–Crippen MR) is 77.1 cm³/mol. The molecule has 112 valence electrons. The third-order valence-corrected chi connectivity index (χ3v) is 5.01. The van der Waals surface area contributed by atoms with Crippen LogP contribution in [-0.4, -0.2) is 18.5 Å². The fraction of sp³-hybridized carbons (Fsp3) is 0.467. The SMILES string of the molecule is CCOC(=O)[C@@H]1CC[C@H]2C(=O)O[C@@]12c1ccc(Cl)c(Cl)c1. The summed E-state index contributed by atoms with van der Waals surface area (Å²) >= 11 is 12.0. The van der Waals surface area contributed by atoms with E-state index >= 15 is 0 Å². The fourth-order valence-corrected chi connectivity index (χ4v) is 3.65. The molecule has 0 radical (unpaired) electrons. The van der Waals surface area contributed by atoms with E-state index in [1.165, 1.54) is 0 Å². The van der Waals surface area contributed by atoms with Crippen LogP contribution in [-0.2, 0) is 24.7 Å². The molecule has 0 unspecified atom stereocenters. The van der Waals surface area contributed by atoms with Crippen LogP contribution in [0, 0.1) is 11.8 Å². The standard InChI is InChI=1S/C15H14Cl2O4/c1-2-20-13(18)9-4-5-10-14(19)21-15(9,10)8-3-6-11(16)12(17)7-8/h3,6-7,9-10H,2,4-5H2,1H3/t9-,10-,15-/m0/s1. The monoisotopic (exact) mass is 328 g/mol. The Labute approximate surface area is 132 Å². The van der Waals surface area contributed by atoms with Crippen molar-refractivity contribution in [3.05, 3.63) is 33.8 Å². The summed E-state index contributed by atoms with van der Waals surface area (Å²) in [4.78, 5) is 23.9. The van der Waals surface area contributed by atoms with Gasteiger partial charge in [0.1, 0.15) is 11.8 Å². The molecule has 1 aliphatic carbocycles. The zero-order valence-corrected chi connectivity index (χ0v) is 12.9. The van der Waals surface area contributed by atoms with Gasteiger partial charge in [0.15, 0.2) is 5.60 Å². The molecule has 21 heavy (non-hydrogen) atoms. The van der Waals surface area contributed by atoms with Crippen LogP contribution in [0.2, 0.25) is 10.0 Å². The normalized spacial score (nSPS) is 30.3. The first-order chi connectivity index (χ1) is 10.0. The van der Waals surface area contributed by atoms with Crippen molar-refractivity contribution in [2.45, 2.75) is 25.4 Å². The third-order valence-electron chi connectivity index (χ3n) is 4.28. The van der Waals surface area contributed by atoms with Gasteiger partial charge >= 0.3 is 11.9 Å². The average molecular weight is 329 g/mol. The van der Waals surface area contributed by atoms with Crippen LogP contribution in [0.25, 0.3) is 0 Å². The lowest BCUT2D eigenvalue weighted by Crippen LogP contribution is -2.56. The lowest BCUT2D eigenvalue weighted by Gasteiger charge is -2.46. The van der Waals surface area contributed by atoms with Crippen molar-refractivity contribution in [3.8, 4) is 0 Å². The van der Waals surface area contributed by atoms with Crippen molar-refractivity contribution in [2.75, 3.05) is 6.61 Å². The van der Waals surface area contributed by atoms with Gasteiger partial charge in [0.2, 0.25) is 0 Å². The molecule has 6 heteroatoms. The van der Waals surface area contributed by atoms with Crippen molar-refractivity contribution >= 4 is 35.1 Å². The van der Waals surface area contributed by atoms with Crippen LogP contribution in [0.4, 0.5) is 0 Å². The lowest BCUT2D eigenvalue weighted by atomic mass is 9.74. The Morgan fingerprint density at radius 2 is 2.14 bits per heavy atom. The minimum atomic E-state index is -0.947. The van der Waals surface area contributed by atoms with Crippen molar-refractivity contribution in [1.29, 1.82) is 0 Å². The number of fused-ring (bicyclic) bond motifs is 1. The molecule has 3 atom stereocenters. The molecule has 4 nitrogen and oxygen atoms in total. The van der Waals surface area contributed by atoms with Gasteiger partial charge in [-0.15, -0.1) is 0 Å². The Hall–Kier alpha value is -1.26. The van der Waals surface area contributed by atoms with Gasteiger partial charge in [-0.25, -0.2) is 0 Å². The maximum Gasteiger partial charge on any atom is 0.314 e. The zero-order chi connectivity index (χ0) is 15.2. The molecule has 1 aromatic rings. The van der Waals surface area contributed by atoms with Crippen LogP contribution in [0.15, 0.2) is 18.2 Å². The van der Waals surface area contributed by atoms with Gasteiger partial charge < -0.3 is 9.47 Å². The second kappa shape index (κ2) is 5.18. The minimum absolute atomic E-state index is 0.270. The maximum absolute atomic E-state index is 12.2. The van der Waals surface area contributed by atoms with Crippen LogP contribution >= 0.6 is 23.2 Å². The van der Waals surface area contributed by atoms with Crippen molar-refractivity contribution in [1.82, 2.24) is 0 Å². The molecule has 1 saturated heterocycles. The quantitative estimate of drug-likeness (QED) is 0.798. The topological polar surface area (TPSA) is 52.6 Å². The van der Waals surface area contributed by atoms with Crippen LogP contribution in [0.3, 0.4) is 0 Å². The molecular weight excluding hydrogens is 315 g/mol. The second-order valence-corrected chi connectivity index (χ2v) is 6.09. The van der Waals surface area contributed by atoms with E-state index in [1.807, 2.05) is 0 Å². The number of halogens is 2. The van der Waals surface area contributed by atoms with E-state index in [0.29, 0.717) is 35.1 Å². The van der Waals surface area contributed by atoms with E-state index in [2.05, 4.69) is 0 Å². The molecule has 3 rings (SSSR count). The highest BCUT2D eigenvalue weighted by Gasteiger charge is 2.68. The Kier molecular flexibility index (Phi) is 3.62. The molecule has 1 aliphatic heterocycles. The molecule has 0 aromatic heterocycles. The molecule has 2 fully saturated rings. The summed E-state index contributed by atoms with van der Waals surface area (Å²) in [5.74, 6) is -1.41. The molecule has 1 saturated carbocycles. The van der Waals surface area contributed by atoms with Gasteiger partial charge in [-0.3, -0.25) is 9.59 Å². The summed E-state index contributed by atoms with van der Waals surface area (Å²) in [5, 5.41) is 0.796.